The summed E-state index contributed by atoms with van der Waals surface area (Å²) in [5.74, 6) is 3.21. The smallest absolute Gasteiger partial charge is 0.119 e. The third-order valence-corrected chi connectivity index (χ3v) is 8.14. The molecule has 2 nitrogen and oxygen atoms in total. The van der Waals surface area contributed by atoms with E-state index in [1.54, 1.807) is 12.7 Å². The number of halogens is 1. The molecule has 2 aromatic carbocycles. The molecule has 0 N–H and O–H groups in total. The molecule has 2 aliphatic carbocycles. The summed E-state index contributed by atoms with van der Waals surface area (Å²) in [6.45, 7) is 5.25. The number of allylic oxidation sites excluding steroid dienone is 1. The standard InChI is InChI=1S/C25H28BrNO/c1-3-4-22-18-13-14-25(27(16-18)20-8-6-19(26)7-9-20)23-12-10-21(28-2)15-17(23)5-11-24(22)25/h3,6-10,12,15,18,22,24H,1,4-5,11,13-14,16H2,2H3/t18-,22-,24+,25+/m1/s1. The van der Waals surface area contributed by atoms with Gasteiger partial charge in [-0.25, -0.2) is 0 Å². The number of hydrogen-bond donors (Lipinski definition) is 0. The molecule has 2 saturated heterocycles. The number of aryl methyl sites for hydroxylation is 1. The average Bonchev–Trinajstić information content (AvgIpc) is 2.74. The molecule has 0 radical (unpaired) electrons. The number of benzene rings is 2. The van der Waals surface area contributed by atoms with E-state index >= 15 is 0 Å². The van der Waals surface area contributed by atoms with Crippen molar-refractivity contribution < 1.29 is 4.74 Å². The van der Waals surface area contributed by atoms with Gasteiger partial charge in [-0.15, -0.1) is 6.58 Å². The number of rotatable bonds is 4. The van der Waals surface area contributed by atoms with Crippen molar-refractivity contribution in [3.63, 3.8) is 0 Å². The zero-order valence-electron chi connectivity index (χ0n) is 16.5. The maximum Gasteiger partial charge on any atom is 0.119 e. The van der Waals surface area contributed by atoms with Crippen LogP contribution < -0.4 is 9.64 Å². The van der Waals surface area contributed by atoms with E-state index in [-0.39, 0.29) is 5.54 Å². The van der Waals surface area contributed by atoms with E-state index in [0.717, 1.165) is 41.4 Å². The maximum absolute atomic E-state index is 5.55. The van der Waals surface area contributed by atoms with E-state index in [9.17, 15) is 0 Å². The van der Waals surface area contributed by atoms with Gasteiger partial charge >= 0.3 is 0 Å². The molecular weight excluding hydrogens is 410 g/mol. The van der Waals surface area contributed by atoms with E-state index in [4.69, 9.17) is 4.74 Å². The number of piperidine rings is 2. The molecule has 28 heavy (non-hydrogen) atoms. The molecule has 2 bridgehead atoms. The molecule has 0 unspecified atom stereocenters. The van der Waals surface area contributed by atoms with Crippen molar-refractivity contribution in [2.75, 3.05) is 18.6 Å². The predicted molar refractivity (Wildman–Crippen MR) is 119 cm³/mol. The Morgan fingerprint density at radius 2 is 2.04 bits per heavy atom. The summed E-state index contributed by atoms with van der Waals surface area (Å²) in [4.78, 5) is 2.75. The van der Waals surface area contributed by atoms with Crippen molar-refractivity contribution in [3.8, 4) is 5.75 Å². The van der Waals surface area contributed by atoms with Gasteiger partial charge in [-0.2, -0.15) is 0 Å². The Morgan fingerprint density at radius 3 is 2.79 bits per heavy atom. The van der Waals surface area contributed by atoms with Crippen LogP contribution in [0.25, 0.3) is 0 Å². The first-order valence-corrected chi connectivity index (χ1v) is 11.3. The lowest BCUT2D eigenvalue weighted by Gasteiger charge is -2.65. The summed E-state index contributed by atoms with van der Waals surface area (Å²) in [5.41, 5.74) is 4.49. The number of fused-ring (bicyclic) bond motifs is 3. The SMILES string of the molecule is C=CC[C@@H]1[C@@H]2CC[C@@]3(c4ccc(OC)cc4CC[C@@H]13)N(c1ccc(Br)cc1)C2. The highest BCUT2D eigenvalue weighted by Gasteiger charge is 2.59. The fraction of sp³-hybridized carbons (Fsp3) is 0.440. The highest BCUT2D eigenvalue weighted by molar-refractivity contribution is 9.10. The summed E-state index contributed by atoms with van der Waals surface area (Å²) in [6, 6.07) is 15.8. The van der Waals surface area contributed by atoms with E-state index in [1.165, 1.54) is 30.5 Å². The minimum absolute atomic E-state index is 0.107. The van der Waals surface area contributed by atoms with Gasteiger partial charge in [0.25, 0.3) is 0 Å². The van der Waals surface area contributed by atoms with Crippen LogP contribution in [0.4, 0.5) is 5.69 Å². The largest absolute Gasteiger partial charge is 0.497 e. The average molecular weight is 438 g/mol. The second kappa shape index (κ2) is 6.95. The van der Waals surface area contributed by atoms with Gasteiger partial charge in [0.2, 0.25) is 0 Å². The Morgan fingerprint density at radius 1 is 1.21 bits per heavy atom. The zero-order chi connectivity index (χ0) is 19.3. The second-order valence-electron chi connectivity index (χ2n) is 8.67. The van der Waals surface area contributed by atoms with Gasteiger partial charge in [0.15, 0.2) is 0 Å². The van der Waals surface area contributed by atoms with Crippen molar-refractivity contribution >= 4 is 21.6 Å². The Hall–Kier alpha value is -1.74. The maximum atomic E-state index is 5.55. The number of ether oxygens (including phenoxy) is 1. The predicted octanol–water partition coefficient (Wildman–Crippen LogP) is 6.34. The van der Waals surface area contributed by atoms with Gasteiger partial charge in [0, 0.05) is 16.7 Å². The quantitative estimate of drug-likeness (QED) is 0.517. The van der Waals surface area contributed by atoms with Crippen molar-refractivity contribution in [3.05, 3.63) is 70.7 Å². The van der Waals surface area contributed by atoms with Crippen molar-refractivity contribution in [2.45, 2.75) is 37.6 Å². The lowest BCUT2D eigenvalue weighted by Crippen LogP contribution is -2.66. The van der Waals surface area contributed by atoms with E-state index < -0.39 is 0 Å². The fourth-order valence-corrected chi connectivity index (χ4v) is 6.79. The summed E-state index contributed by atoms with van der Waals surface area (Å²) in [7, 11) is 1.77. The van der Waals surface area contributed by atoms with Crippen LogP contribution in [0.3, 0.4) is 0 Å². The van der Waals surface area contributed by atoms with Gasteiger partial charge < -0.3 is 9.64 Å². The first-order chi connectivity index (χ1) is 13.7. The first kappa shape index (κ1) is 18.3. The highest BCUT2D eigenvalue weighted by Crippen LogP contribution is 2.61. The number of anilines is 1. The van der Waals surface area contributed by atoms with E-state index in [0.29, 0.717) is 5.92 Å². The molecule has 1 spiro atoms. The molecule has 1 saturated carbocycles. The molecule has 3 heteroatoms. The van der Waals surface area contributed by atoms with Crippen LogP contribution in [0.15, 0.2) is 59.6 Å². The van der Waals surface area contributed by atoms with E-state index in [1.807, 2.05) is 0 Å². The highest BCUT2D eigenvalue weighted by atomic mass is 79.9. The Balaban J connectivity index is 1.68. The number of hydrogen-bond acceptors (Lipinski definition) is 2. The van der Waals surface area contributed by atoms with Gasteiger partial charge in [0.1, 0.15) is 5.75 Å². The molecule has 2 aromatic rings. The topological polar surface area (TPSA) is 12.5 Å². The van der Waals surface area contributed by atoms with Crippen LogP contribution in [0.5, 0.6) is 5.75 Å². The van der Waals surface area contributed by atoms with Crippen LogP contribution in [0.1, 0.15) is 36.8 Å². The van der Waals surface area contributed by atoms with Gasteiger partial charge in [-0.3, -0.25) is 0 Å². The van der Waals surface area contributed by atoms with Crippen LogP contribution in [-0.4, -0.2) is 13.7 Å². The van der Waals surface area contributed by atoms with Gasteiger partial charge in [-0.1, -0.05) is 28.1 Å². The molecule has 0 aromatic heterocycles. The zero-order valence-corrected chi connectivity index (χ0v) is 18.1. The third-order valence-electron chi connectivity index (χ3n) is 7.61. The Kier molecular flexibility index (Phi) is 4.54. The summed E-state index contributed by atoms with van der Waals surface area (Å²) < 4.78 is 6.69. The van der Waals surface area contributed by atoms with Crippen LogP contribution in [0, 0.1) is 17.8 Å². The summed E-state index contributed by atoms with van der Waals surface area (Å²) >= 11 is 3.61. The Bertz CT molecular complexity index is 892. The number of nitrogens with zero attached hydrogens (tertiary/aromatic N) is 1. The molecule has 2 heterocycles. The van der Waals surface area contributed by atoms with Crippen molar-refractivity contribution in [1.29, 1.82) is 0 Å². The van der Waals surface area contributed by atoms with Gasteiger partial charge in [-0.05, 0) is 97.4 Å². The van der Waals surface area contributed by atoms with Gasteiger partial charge in [0.05, 0.1) is 12.6 Å². The normalized spacial score (nSPS) is 30.5. The first-order valence-electron chi connectivity index (χ1n) is 10.5. The molecule has 6 rings (SSSR count). The summed E-state index contributed by atoms with van der Waals surface area (Å²) in [6.07, 6.45) is 8.32. The molecule has 0 amide bonds. The monoisotopic (exact) mass is 437 g/mol. The lowest BCUT2D eigenvalue weighted by atomic mass is 9.51. The Labute approximate surface area is 176 Å². The molecule has 146 valence electrons. The molecule has 4 aliphatic rings. The van der Waals surface area contributed by atoms with Crippen LogP contribution >= 0.6 is 15.9 Å². The molecule has 4 atom stereocenters. The van der Waals surface area contributed by atoms with Crippen LogP contribution in [0.2, 0.25) is 0 Å². The van der Waals surface area contributed by atoms with Crippen molar-refractivity contribution in [1.82, 2.24) is 0 Å². The fourth-order valence-electron chi connectivity index (χ4n) is 6.52. The molecular formula is C25H28BrNO. The minimum atomic E-state index is 0.107. The number of methoxy groups -OCH3 is 1. The van der Waals surface area contributed by atoms with E-state index in [2.05, 4.69) is 75.9 Å². The molecule has 3 fully saturated rings. The second-order valence-corrected chi connectivity index (χ2v) is 9.58. The molecule has 2 aliphatic heterocycles. The van der Waals surface area contributed by atoms with Crippen LogP contribution in [-0.2, 0) is 12.0 Å². The third kappa shape index (κ3) is 2.58. The minimum Gasteiger partial charge on any atom is -0.497 e. The lowest BCUT2D eigenvalue weighted by molar-refractivity contribution is 0.000634. The van der Waals surface area contributed by atoms with Crippen molar-refractivity contribution in [2.24, 2.45) is 17.8 Å². The summed E-state index contributed by atoms with van der Waals surface area (Å²) in [5, 5.41) is 0.